The highest BCUT2D eigenvalue weighted by Gasteiger charge is 2.51. The van der Waals surface area contributed by atoms with Crippen LogP contribution >= 0.6 is 0 Å². The van der Waals surface area contributed by atoms with Gasteiger partial charge in [-0.1, -0.05) is 32.6 Å². The Bertz CT molecular complexity index is 305. The summed E-state index contributed by atoms with van der Waals surface area (Å²) in [6.07, 6.45) is 9.65. The molecular formula is C16H28O3. The third-order valence-electron chi connectivity index (χ3n) is 5.58. The molecule has 2 N–H and O–H groups in total. The number of hydrogen-bond acceptors (Lipinski definition) is 2. The Morgan fingerprint density at radius 1 is 1.21 bits per heavy atom. The first-order valence-corrected chi connectivity index (χ1v) is 8.01. The minimum atomic E-state index is -0.660. The predicted molar refractivity (Wildman–Crippen MR) is 74.9 cm³/mol. The Labute approximate surface area is 116 Å². The minimum absolute atomic E-state index is 0.00266. The van der Waals surface area contributed by atoms with Crippen molar-refractivity contribution in [1.29, 1.82) is 0 Å². The molecule has 110 valence electrons. The van der Waals surface area contributed by atoms with Crippen molar-refractivity contribution in [3.05, 3.63) is 0 Å². The predicted octanol–water partition coefficient (Wildman–Crippen LogP) is 3.60. The SMILES string of the molecule is CCCCC1CCC(C(=O)O)(C2CCCC2O)CC1. The van der Waals surface area contributed by atoms with E-state index in [-0.39, 0.29) is 12.0 Å². The van der Waals surface area contributed by atoms with Crippen molar-refractivity contribution < 1.29 is 15.0 Å². The van der Waals surface area contributed by atoms with Crippen LogP contribution in [0.4, 0.5) is 0 Å². The van der Waals surface area contributed by atoms with E-state index in [1.807, 2.05) is 0 Å². The molecule has 19 heavy (non-hydrogen) atoms. The first-order valence-electron chi connectivity index (χ1n) is 8.01. The molecule has 0 aliphatic heterocycles. The molecule has 2 aliphatic rings. The van der Waals surface area contributed by atoms with Crippen LogP contribution in [0.15, 0.2) is 0 Å². The van der Waals surface area contributed by atoms with Crippen LogP contribution in [-0.4, -0.2) is 22.3 Å². The van der Waals surface area contributed by atoms with Crippen molar-refractivity contribution in [2.75, 3.05) is 0 Å². The zero-order valence-corrected chi connectivity index (χ0v) is 12.1. The minimum Gasteiger partial charge on any atom is -0.481 e. The Balaban J connectivity index is 2.01. The fourth-order valence-electron chi connectivity index (χ4n) is 4.30. The first kappa shape index (κ1) is 14.8. The summed E-state index contributed by atoms with van der Waals surface area (Å²) in [6, 6.07) is 0. The Kier molecular flexibility index (Phi) is 4.88. The molecule has 0 radical (unpaired) electrons. The summed E-state index contributed by atoms with van der Waals surface area (Å²) in [5, 5.41) is 19.8. The van der Waals surface area contributed by atoms with Crippen molar-refractivity contribution in [1.82, 2.24) is 0 Å². The molecule has 0 spiro atoms. The monoisotopic (exact) mass is 268 g/mol. The summed E-state index contributed by atoms with van der Waals surface area (Å²) in [5.74, 6) is 0.0514. The third kappa shape index (κ3) is 2.96. The maximum atomic E-state index is 11.8. The highest BCUT2D eigenvalue weighted by molar-refractivity contribution is 5.75. The largest absolute Gasteiger partial charge is 0.481 e. The van der Waals surface area contributed by atoms with Crippen molar-refractivity contribution in [3.8, 4) is 0 Å². The molecule has 2 saturated carbocycles. The first-order chi connectivity index (χ1) is 9.10. The highest BCUT2D eigenvalue weighted by Crippen LogP contribution is 2.51. The summed E-state index contributed by atoms with van der Waals surface area (Å²) >= 11 is 0. The second-order valence-electron chi connectivity index (χ2n) is 6.65. The van der Waals surface area contributed by atoms with Crippen LogP contribution in [0.25, 0.3) is 0 Å². The smallest absolute Gasteiger partial charge is 0.310 e. The molecule has 0 aromatic heterocycles. The quantitative estimate of drug-likeness (QED) is 0.801. The summed E-state index contributed by atoms with van der Waals surface area (Å²) in [5.41, 5.74) is -0.626. The molecular weight excluding hydrogens is 240 g/mol. The van der Waals surface area contributed by atoms with E-state index in [1.165, 1.54) is 19.3 Å². The lowest BCUT2D eigenvalue weighted by atomic mass is 9.62. The Morgan fingerprint density at radius 3 is 2.37 bits per heavy atom. The zero-order chi connectivity index (χ0) is 13.9. The summed E-state index contributed by atoms with van der Waals surface area (Å²) < 4.78 is 0. The van der Waals surface area contributed by atoms with Gasteiger partial charge in [-0.25, -0.2) is 0 Å². The molecule has 2 atom stereocenters. The van der Waals surface area contributed by atoms with E-state index in [0.717, 1.165) is 44.9 Å². The molecule has 0 amide bonds. The van der Waals surface area contributed by atoms with E-state index < -0.39 is 11.4 Å². The van der Waals surface area contributed by atoms with E-state index in [0.29, 0.717) is 5.92 Å². The normalized spacial score (nSPS) is 39.4. The van der Waals surface area contributed by atoms with Gasteiger partial charge in [-0.3, -0.25) is 4.79 Å². The molecule has 2 fully saturated rings. The molecule has 0 bridgehead atoms. The molecule has 2 aliphatic carbocycles. The second-order valence-corrected chi connectivity index (χ2v) is 6.65. The summed E-state index contributed by atoms with van der Waals surface area (Å²) in [7, 11) is 0. The van der Waals surface area contributed by atoms with E-state index >= 15 is 0 Å². The number of carboxylic acid groups (broad SMARTS) is 1. The number of rotatable bonds is 5. The fourth-order valence-corrected chi connectivity index (χ4v) is 4.30. The zero-order valence-electron chi connectivity index (χ0n) is 12.1. The maximum absolute atomic E-state index is 11.8. The standard InChI is InChI=1S/C16H28O3/c1-2-3-5-12-8-10-16(11-9-12,15(18)19)13-6-4-7-14(13)17/h12-14,17H,2-11H2,1H3,(H,18,19). The average molecular weight is 268 g/mol. The highest BCUT2D eigenvalue weighted by atomic mass is 16.4. The molecule has 0 aromatic rings. The summed E-state index contributed by atoms with van der Waals surface area (Å²) in [6.45, 7) is 2.21. The number of aliphatic carboxylic acids is 1. The van der Waals surface area contributed by atoms with Gasteiger partial charge in [0.2, 0.25) is 0 Å². The lowest BCUT2D eigenvalue weighted by Gasteiger charge is -2.42. The Hall–Kier alpha value is -0.570. The van der Waals surface area contributed by atoms with Crippen LogP contribution in [0.3, 0.4) is 0 Å². The van der Waals surface area contributed by atoms with Crippen molar-refractivity contribution >= 4 is 5.97 Å². The molecule has 2 rings (SSSR count). The van der Waals surface area contributed by atoms with Gasteiger partial charge in [0.1, 0.15) is 0 Å². The van der Waals surface area contributed by atoms with Crippen LogP contribution in [0.1, 0.15) is 71.1 Å². The van der Waals surface area contributed by atoms with Crippen molar-refractivity contribution in [3.63, 3.8) is 0 Å². The number of carboxylic acids is 1. The Morgan fingerprint density at radius 2 is 1.89 bits per heavy atom. The third-order valence-corrected chi connectivity index (χ3v) is 5.58. The lowest BCUT2D eigenvalue weighted by Crippen LogP contribution is -2.44. The molecule has 0 saturated heterocycles. The van der Waals surface area contributed by atoms with Gasteiger partial charge in [-0.05, 0) is 44.4 Å². The maximum Gasteiger partial charge on any atom is 0.310 e. The van der Waals surface area contributed by atoms with Gasteiger partial charge >= 0.3 is 5.97 Å². The number of hydrogen-bond donors (Lipinski definition) is 2. The second kappa shape index (κ2) is 6.25. The molecule has 2 unspecified atom stereocenters. The summed E-state index contributed by atoms with van der Waals surface area (Å²) in [4.78, 5) is 11.8. The van der Waals surface area contributed by atoms with E-state index in [2.05, 4.69) is 6.92 Å². The van der Waals surface area contributed by atoms with Gasteiger partial charge in [0.25, 0.3) is 0 Å². The van der Waals surface area contributed by atoms with Gasteiger partial charge in [-0.2, -0.15) is 0 Å². The number of unbranched alkanes of at least 4 members (excludes halogenated alkanes) is 1. The van der Waals surface area contributed by atoms with Crippen molar-refractivity contribution in [2.24, 2.45) is 17.3 Å². The number of aliphatic hydroxyl groups is 1. The number of carbonyl (C=O) groups is 1. The molecule has 3 heteroatoms. The molecule has 0 aromatic carbocycles. The van der Waals surface area contributed by atoms with Gasteiger partial charge in [0.05, 0.1) is 11.5 Å². The van der Waals surface area contributed by atoms with Crippen LogP contribution < -0.4 is 0 Å². The van der Waals surface area contributed by atoms with Gasteiger partial charge in [-0.15, -0.1) is 0 Å². The van der Waals surface area contributed by atoms with Crippen LogP contribution in [0.2, 0.25) is 0 Å². The van der Waals surface area contributed by atoms with E-state index in [9.17, 15) is 15.0 Å². The number of aliphatic hydroxyl groups excluding tert-OH is 1. The van der Waals surface area contributed by atoms with Crippen molar-refractivity contribution in [2.45, 2.75) is 77.2 Å². The van der Waals surface area contributed by atoms with E-state index in [1.54, 1.807) is 0 Å². The van der Waals surface area contributed by atoms with Gasteiger partial charge in [0, 0.05) is 5.92 Å². The molecule has 0 heterocycles. The van der Waals surface area contributed by atoms with Crippen LogP contribution in [0.5, 0.6) is 0 Å². The van der Waals surface area contributed by atoms with Gasteiger partial charge in [0.15, 0.2) is 0 Å². The van der Waals surface area contributed by atoms with Crippen LogP contribution in [-0.2, 0) is 4.79 Å². The van der Waals surface area contributed by atoms with E-state index in [4.69, 9.17) is 0 Å². The lowest BCUT2D eigenvalue weighted by molar-refractivity contribution is -0.159. The topological polar surface area (TPSA) is 57.5 Å². The van der Waals surface area contributed by atoms with Crippen LogP contribution in [0, 0.1) is 17.3 Å². The molecule has 3 nitrogen and oxygen atoms in total. The average Bonchev–Trinajstić information content (AvgIpc) is 2.83. The fraction of sp³-hybridized carbons (Fsp3) is 0.938. The van der Waals surface area contributed by atoms with Gasteiger partial charge < -0.3 is 10.2 Å².